The summed E-state index contributed by atoms with van der Waals surface area (Å²) in [5, 5.41) is 0. The van der Waals surface area contributed by atoms with Crippen LogP contribution < -0.4 is 0 Å². The Balaban J connectivity index is -0.000000360. The van der Waals surface area contributed by atoms with Gasteiger partial charge in [-0.05, 0) is 0 Å². The standard InChI is InChI=1S/C12H25.3C6H5.Ag.BrH/c1-3-5-7-9-11-12-10-8-6-4-2;3*1-2-4-6-5-3-1;;/h1,3-12H2,2H3;3*1-5H;;1H/q4*-1;;. The van der Waals surface area contributed by atoms with E-state index >= 15 is 0 Å². The van der Waals surface area contributed by atoms with Gasteiger partial charge in [-0.1, -0.05) is 64.7 Å². The van der Waals surface area contributed by atoms with E-state index in [0.29, 0.717) is 0 Å². The molecule has 0 spiro atoms. The first-order valence-electron chi connectivity index (χ1n) is 11.4. The van der Waals surface area contributed by atoms with Crippen molar-refractivity contribution in [2.75, 3.05) is 0 Å². The third-order valence-corrected chi connectivity index (χ3v) is 4.17. The van der Waals surface area contributed by atoms with E-state index in [4.69, 9.17) is 0 Å². The second kappa shape index (κ2) is 34.5. The molecular formula is C30H41AgBr-4. The maximum Gasteiger partial charge on any atom is 0 e. The Labute approximate surface area is 225 Å². The number of rotatable bonds is 9. The molecule has 2 heteroatoms. The van der Waals surface area contributed by atoms with Crippen molar-refractivity contribution >= 4 is 17.0 Å². The molecule has 0 fully saturated rings. The number of unbranched alkanes of at least 4 members (excludes halogenated alkanes) is 9. The molecule has 0 N–H and O–H groups in total. The fourth-order valence-corrected chi connectivity index (χ4v) is 2.51. The van der Waals surface area contributed by atoms with E-state index in [1.165, 1.54) is 57.8 Å². The maximum atomic E-state index is 3.84. The average Bonchev–Trinajstić information content (AvgIpc) is 2.85. The van der Waals surface area contributed by atoms with Gasteiger partial charge in [0.1, 0.15) is 0 Å². The van der Waals surface area contributed by atoms with Crippen LogP contribution in [0.2, 0.25) is 0 Å². The largest absolute Gasteiger partial charge is 0.343 e. The quantitative estimate of drug-likeness (QED) is 0.132. The summed E-state index contributed by atoms with van der Waals surface area (Å²) in [7, 11) is 0. The molecule has 3 aromatic carbocycles. The summed E-state index contributed by atoms with van der Waals surface area (Å²) < 4.78 is 0. The minimum Gasteiger partial charge on any atom is -0.343 e. The van der Waals surface area contributed by atoms with E-state index in [0.717, 1.165) is 6.42 Å². The fourth-order valence-electron chi connectivity index (χ4n) is 2.51. The maximum absolute atomic E-state index is 3.84. The first-order valence-corrected chi connectivity index (χ1v) is 11.4. The van der Waals surface area contributed by atoms with Crippen molar-refractivity contribution in [3.05, 3.63) is 116 Å². The van der Waals surface area contributed by atoms with Crippen molar-refractivity contribution in [1.29, 1.82) is 0 Å². The van der Waals surface area contributed by atoms with Crippen molar-refractivity contribution in [2.24, 2.45) is 0 Å². The Bertz CT molecular complexity index is 437. The molecule has 0 aliphatic carbocycles. The minimum atomic E-state index is 0. The van der Waals surface area contributed by atoms with E-state index in [1.807, 2.05) is 91.0 Å². The molecule has 0 aliphatic heterocycles. The number of halogens is 1. The summed E-state index contributed by atoms with van der Waals surface area (Å²) >= 11 is 0. The normalized spacial score (nSPS) is 8.44. The first kappa shape index (κ1) is 35.5. The van der Waals surface area contributed by atoms with Gasteiger partial charge in [0.2, 0.25) is 0 Å². The minimum absolute atomic E-state index is 0. The summed E-state index contributed by atoms with van der Waals surface area (Å²) in [4.78, 5) is 0. The van der Waals surface area contributed by atoms with Crippen LogP contribution in [0.4, 0.5) is 0 Å². The van der Waals surface area contributed by atoms with Crippen LogP contribution in [0.5, 0.6) is 0 Å². The molecule has 3 rings (SSSR count). The third-order valence-electron chi connectivity index (χ3n) is 4.17. The smallest absolute Gasteiger partial charge is 0 e. The zero-order valence-corrected chi connectivity index (χ0v) is 22.8. The third kappa shape index (κ3) is 33.5. The Morgan fingerprint density at radius 3 is 0.938 bits per heavy atom. The van der Waals surface area contributed by atoms with Crippen LogP contribution in [0.1, 0.15) is 71.1 Å². The summed E-state index contributed by atoms with van der Waals surface area (Å²) in [6.45, 7) is 6.12. The Hall–Kier alpha value is -1.12. The van der Waals surface area contributed by atoms with Crippen molar-refractivity contribution in [1.82, 2.24) is 0 Å². The Morgan fingerprint density at radius 2 is 0.750 bits per heavy atom. The van der Waals surface area contributed by atoms with Gasteiger partial charge in [0, 0.05) is 22.4 Å². The van der Waals surface area contributed by atoms with Gasteiger partial charge in [-0.3, -0.25) is 0 Å². The molecule has 0 saturated heterocycles. The van der Waals surface area contributed by atoms with Gasteiger partial charge < -0.3 is 6.92 Å². The molecule has 0 aromatic heterocycles. The molecule has 32 heavy (non-hydrogen) atoms. The predicted molar refractivity (Wildman–Crippen MR) is 143 cm³/mol. The van der Waals surface area contributed by atoms with Gasteiger partial charge in [0.25, 0.3) is 0 Å². The first-order chi connectivity index (χ1) is 14.9. The second-order valence-corrected chi connectivity index (χ2v) is 6.91. The zero-order valence-electron chi connectivity index (χ0n) is 19.6. The molecule has 0 atom stereocenters. The van der Waals surface area contributed by atoms with Crippen LogP contribution in [0, 0.1) is 25.1 Å². The van der Waals surface area contributed by atoms with E-state index in [2.05, 4.69) is 32.0 Å². The Kier molecular flexibility index (Phi) is 38.2. The molecule has 1 radical (unpaired) electrons. The van der Waals surface area contributed by atoms with Crippen LogP contribution in [-0.4, -0.2) is 0 Å². The van der Waals surface area contributed by atoms with Gasteiger partial charge in [-0.2, -0.15) is 116 Å². The van der Waals surface area contributed by atoms with Crippen LogP contribution in [0.25, 0.3) is 0 Å². The zero-order chi connectivity index (χ0) is 21.8. The van der Waals surface area contributed by atoms with Crippen LogP contribution >= 0.6 is 17.0 Å². The van der Waals surface area contributed by atoms with E-state index < -0.39 is 0 Å². The SMILES string of the molecule is Br.[Ag].[CH2-]CCCCCCCCCCC.[c-]1ccccc1.[c-]1ccccc1.[c-]1ccccc1. The number of hydrogen-bond acceptors (Lipinski definition) is 0. The molecule has 0 heterocycles. The van der Waals surface area contributed by atoms with Crippen molar-refractivity contribution in [3.8, 4) is 0 Å². The summed E-state index contributed by atoms with van der Waals surface area (Å²) in [5.41, 5.74) is 0. The summed E-state index contributed by atoms with van der Waals surface area (Å²) in [6, 6.07) is 37.5. The molecule has 0 amide bonds. The van der Waals surface area contributed by atoms with E-state index in [-0.39, 0.29) is 39.4 Å². The summed E-state index contributed by atoms with van der Waals surface area (Å²) in [5.74, 6) is 0. The molecule has 0 nitrogen and oxygen atoms in total. The van der Waals surface area contributed by atoms with Gasteiger partial charge in [-0.25, -0.2) is 0 Å². The average molecular weight is 589 g/mol. The fraction of sp³-hybridized carbons (Fsp3) is 0.367. The number of hydrogen-bond donors (Lipinski definition) is 0. The van der Waals surface area contributed by atoms with Gasteiger partial charge in [0.15, 0.2) is 0 Å². The molecule has 0 unspecified atom stereocenters. The van der Waals surface area contributed by atoms with Gasteiger partial charge in [0.05, 0.1) is 0 Å². The predicted octanol–water partition coefficient (Wildman–Crippen LogP) is 9.78. The van der Waals surface area contributed by atoms with Crippen LogP contribution in [0.3, 0.4) is 0 Å². The summed E-state index contributed by atoms with van der Waals surface area (Å²) in [6.07, 6.45) is 13.9. The van der Waals surface area contributed by atoms with E-state index in [9.17, 15) is 0 Å². The molecule has 0 bridgehead atoms. The Morgan fingerprint density at radius 1 is 0.469 bits per heavy atom. The molecular weight excluding hydrogens is 548 g/mol. The molecule has 3 aromatic rings. The number of benzene rings is 3. The monoisotopic (exact) mass is 587 g/mol. The molecule has 0 aliphatic rings. The van der Waals surface area contributed by atoms with Gasteiger partial charge in [-0.15, -0.1) is 17.0 Å². The van der Waals surface area contributed by atoms with Crippen LogP contribution in [-0.2, 0) is 22.4 Å². The molecule has 183 valence electrons. The van der Waals surface area contributed by atoms with Gasteiger partial charge >= 0.3 is 0 Å². The topological polar surface area (TPSA) is 0 Å². The van der Waals surface area contributed by atoms with Crippen molar-refractivity contribution in [2.45, 2.75) is 71.1 Å². The van der Waals surface area contributed by atoms with Crippen molar-refractivity contribution in [3.63, 3.8) is 0 Å². The van der Waals surface area contributed by atoms with Crippen molar-refractivity contribution < 1.29 is 22.4 Å². The second-order valence-electron chi connectivity index (χ2n) is 6.91. The van der Waals surface area contributed by atoms with E-state index in [1.54, 1.807) is 0 Å². The van der Waals surface area contributed by atoms with Crippen LogP contribution in [0.15, 0.2) is 91.0 Å². The molecule has 0 saturated carbocycles.